The number of amides is 1. The van der Waals surface area contributed by atoms with Gasteiger partial charge in [0.1, 0.15) is 5.75 Å². The second-order valence-corrected chi connectivity index (χ2v) is 10.7. The summed E-state index contributed by atoms with van der Waals surface area (Å²) in [7, 11) is 0. The lowest BCUT2D eigenvalue weighted by atomic mass is 9.48. The Balaban J connectivity index is 1.43. The van der Waals surface area contributed by atoms with Gasteiger partial charge in [0.15, 0.2) is 0 Å². The smallest absolute Gasteiger partial charge is 0.387 e. The fourth-order valence-corrected chi connectivity index (χ4v) is 7.81. The highest BCUT2D eigenvalue weighted by Crippen LogP contribution is 2.65. The van der Waals surface area contributed by atoms with Gasteiger partial charge in [-0.25, -0.2) is 0 Å². The molecule has 0 saturated heterocycles. The number of carbonyl (C=O) groups is 1. The molecule has 0 spiro atoms. The standard InChI is InChI=1S/C21H26BrF2NO2/c1-13(16-4-2-3-5-17(16)27-19(23)24)25-18(26)11-20-7-14-6-15(8-20)10-21(22,9-14)12-20/h2-5,13-15,19H,6-12H2,1H3,(H,25,26)/t13-,14-,15-,20?,21?/m1/s1. The Morgan fingerprint density at radius 3 is 2.56 bits per heavy atom. The Morgan fingerprint density at radius 2 is 1.93 bits per heavy atom. The minimum atomic E-state index is -2.88. The van der Waals surface area contributed by atoms with E-state index < -0.39 is 6.61 Å². The molecule has 0 unspecified atom stereocenters. The molecule has 1 aromatic carbocycles. The minimum absolute atomic E-state index is 0.00685. The molecule has 4 saturated carbocycles. The first-order valence-electron chi connectivity index (χ1n) is 9.78. The topological polar surface area (TPSA) is 38.3 Å². The third-order valence-electron chi connectivity index (χ3n) is 6.63. The molecule has 1 N–H and O–H groups in total. The van der Waals surface area contributed by atoms with Crippen molar-refractivity contribution < 1.29 is 18.3 Å². The fourth-order valence-electron chi connectivity index (χ4n) is 6.30. The SMILES string of the molecule is C[C@@H](NC(=O)CC12C[C@H]3C[C@@H](CC(Br)(C3)C1)C2)c1ccccc1OC(F)F. The molecule has 0 aliphatic heterocycles. The first kappa shape index (κ1) is 19.2. The lowest BCUT2D eigenvalue weighted by Gasteiger charge is -2.60. The van der Waals surface area contributed by atoms with E-state index in [-0.39, 0.29) is 27.4 Å². The van der Waals surface area contributed by atoms with Gasteiger partial charge < -0.3 is 10.1 Å². The number of ether oxygens (including phenoxy) is 1. The molecule has 3 atom stereocenters. The molecule has 4 bridgehead atoms. The van der Waals surface area contributed by atoms with Crippen molar-refractivity contribution in [2.24, 2.45) is 17.3 Å². The van der Waals surface area contributed by atoms with Crippen LogP contribution in [0.25, 0.3) is 0 Å². The third kappa shape index (κ3) is 4.01. The number of hydrogen-bond acceptors (Lipinski definition) is 2. The highest BCUT2D eigenvalue weighted by atomic mass is 79.9. The Kier molecular flexibility index (Phi) is 4.98. The molecular weight excluding hydrogens is 416 g/mol. The van der Waals surface area contributed by atoms with Crippen LogP contribution in [0.3, 0.4) is 0 Å². The van der Waals surface area contributed by atoms with Crippen molar-refractivity contribution in [1.82, 2.24) is 5.32 Å². The highest BCUT2D eigenvalue weighted by molar-refractivity contribution is 9.10. The summed E-state index contributed by atoms with van der Waals surface area (Å²) in [5.41, 5.74) is 0.671. The molecule has 1 amide bonds. The van der Waals surface area contributed by atoms with Crippen molar-refractivity contribution >= 4 is 21.8 Å². The summed E-state index contributed by atoms with van der Waals surface area (Å²) >= 11 is 3.98. The number of benzene rings is 1. The zero-order chi connectivity index (χ0) is 19.2. The molecular formula is C21H26BrF2NO2. The van der Waals surface area contributed by atoms with Crippen LogP contribution in [-0.4, -0.2) is 16.8 Å². The van der Waals surface area contributed by atoms with E-state index in [0.717, 1.165) is 31.1 Å². The van der Waals surface area contributed by atoms with E-state index in [1.54, 1.807) is 18.2 Å². The number of nitrogens with one attached hydrogen (secondary N) is 1. The molecule has 4 aliphatic carbocycles. The molecule has 6 heteroatoms. The van der Waals surface area contributed by atoms with E-state index >= 15 is 0 Å². The summed E-state index contributed by atoms with van der Waals surface area (Å²) < 4.78 is 30.1. The maximum Gasteiger partial charge on any atom is 0.387 e. The van der Waals surface area contributed by atoms with Gasteiger partial charge in [0, 0.05) is 16.3 Å². The van der Waals surface area contributed by atoms with E-state index in [4.69, 9.17) is 0 Å². The number of para-hydroxylation sites is 1. The predicted molar refractivity (Wildman–Crippen MR) is 103 cm³/mol. The second-order valence-electron chi connectivity index (χ2n) is 8.99. The molecule has 4 aliphatic rings. The van der Waals surface area contributed by atoms with E-state index in [0.29, 0.717) is 12.0 Å². The highest BCUT2D eigenvalue weighted by Gasteiger charge is 2.57. The zero-order valence-corrected chi connectivity index (χ0v) is 17.1. The van der Waals surface area contributed by atoms with Crippen LogP contribution in [0.15, 0.2) is 24.3 Å². The summed E-state index contributed by atoms with van der Waals surface area (Å²) in [4.78, 5) is 12.8. The summed E-state index contributed by atoms with van der Waals surface area (Å²) in [5.74, 6) is 1.59. The van der Waals surface area contributed by atoms with Gasteiger partial charge in [0.25, 0.3) is 0 Å². The molecule has 0 heterocycles. The number of halogens is 3. The van der Waals surface area contributed by atoms with Crippen LogP contribution in [0.5, 0.6) is 5.75 Å². The largest absolute Gasteiger partial charge is 0.434 e. The molecule has 148 valence electrons. The summed E-state index contributed by atoms with van der Waals surface area (Å²) in [6.45, 7) is -1.06. The lowest BCUT2D eigenvalue weighted by Crippen LogP contribution is -2.54. The van der Waals surface area contributed by atoms with Crippen LogP contribution in [0.4, 0.5) is 8.78 Å². The van der Waals surface area contributed by atoms with Crippen LogP contribution >= 0.6 is 15.9 Å². The monoisotopic (exact) mass is 441 g/mol. The van der Waals surface area contributed by atoms with Gasteiger partial charge in [-0.05, 0) is 68.8 Å². The Labute approximate surface area is 167 Å². The Hall–Kier alpha value is -1.17. The van der Waals surface area contributed by atoms with E-state index in [9.17, 15) is 13.6 Å². The lowest BCUT2D eigenvalue weighted by molar-refractivity contribution is -0.128. The molecule has 27 heavy (non-hydrogen) atoms. The van der Waals surface area contributed by atoms with E-state index in [1.807, 2.05) is 6.92 Å². The van der Waals surface area contributed by atoms with Crippen molar-refractivity contribution in [3.8, 4) is 5.75 Å². The third-order valence-corrected chi connectivity index (χ3v) is 7.55. The van der Waals surface area contributed by atoms with Crippen LogP contribution in [0, 0.1) is 17.3 Å². The Bertz CT molecular complexity index is 712. The van der Waals surface area contributed by atoms with Gasteiger partial charge in [0.2, 0.25) is 5.91 Å². The predicted octanol–water partition coefficient (Wildman–Crippen LogP) is 5.59. The zero-order valence-electron chi connectivity index (χ0n) is 15.5. The van der Waals surface area contributed by atoms with Gasteiger partial charge >= 0.3 is 6.61 Å². The van der Waals surface area contributed by atoms with Crippen molar-refractivity contribution in [3.63, 3.8) is 0 Å². The maximum atomic E-state index is 12.8. The number of hydrogen-bond donors (Lipinski definition) is 1. The van der Waals surface area contributed by atoms with Crippen molar-refractivity contribution in [2.45, 2.75) is 68.8 Å². The molecule has 0 radical (unpaired) electrons. The minimum Gasteiger partial charge on any atom is -0.434 e. The molecule has 3 nitrogen and oxygen atoms in total. The maximum absolute atomic E-state index is 12.8. The molecule has 5 rings (SSSR count). The van der Waals surface area contributed by atoms with Crippen molar-refractivity contribution in [2.75, 3.05) is 0 Å². The fraction of sp³-hybridized carbons (Fsp3) is 0.667. The first-order valence-corrected chi connectivity index (χ1v) is 10.6. The molecule has 0 aromatic heterocycles. The average Bonchev–Trinajstić information content (AvgIpc) is 2.51. The van der Waals surface area contributed by atoms with Gasteiger partial charge in [0.05, 0.1) is 6.04 Å². The van der Waals surface area contributed by atoms with Gasteiger partial charge in [-0.2, -0.15) is 8.78 Å². The van der Waals surface area contributed by atoms with Crippen molar-refractivity contribution in [3.05, 3.63) is 29.8 Å². The average molecular weight is 442 g/mol. The normalized spacial score (nSPS) is 35.3. The summed E-state index contributed by atoms with van der Waals surface area (Å²) in [6, 6.07) is 6.28. The van der Waals surface area contributed by atoms with Gasteiger partial charge in [-0.1, -0.05) is 34.1 Å². The summed E-state index contributed by atoms with van der Waals surface area (Å²) in [6.07, 6.45) is 7.66. The van der Waals surface area contributed by atoms with Gasteiger partial charge in [-0.3, -0.25) is 4.79 Å². The Morgan fingerprint density at radius 1 is 1.26 bits per heavy atom. The number of alkyl halides is 3. The van der Waals surface area contributed by atoms with Crippen LogP contribution in [0.2, 0.25) is 0 Å². The van der Waals surface area contributed by atoms with Crippen LogP contribution in [-0.2, 0) is 4.79 Å². The van der Waals surface area contributed by atoms with E-state index in [1.165, 1.54) is 25.3 Å². The van der Waals surface area contributed by atoms with Crippen LogP contribution in [0.1, 0.15) is 63.5 Å². The number of rotatable bonds is 6. The quantitative estimate of drug-likeness (QED) is 0.584. The first-order chi connectivity index (χ1) is 12.8. The molecule has 1 aromatic rings. The summed E-state index contributed by atoms with van der Waals surface area (Å²) in [5, 5.41) is 3.02. The number of carbonyl (C=O) groups excluding carboxylic acids is 1. The molecule has 4 fully saturated rings. The van der Waals surface area contributed by atoms with Crippen LogP contribution < -0.4 is 10.1 Å². The van der Waals surface area contributed by atoms with E-state index in [2.05, 4.69) is 26.0 Å². The van der Waals surface area contributed by atoms with Crippen molar-refractivity contribution in [1.29, 1.82) is 0 Å². The second kappa shape index (κ2) is 7.02. The van der Waals surface area contributed by atoms with Gasteiger partial charge in [-0.15, -0.1) is 0 Å².